The second kappa shape index (κ2) is 9.22. The van der Waals surface area contributed by atoms with Crippen molar-refractivity contribution in [2.75, 3.05) is 30.8 Å². The molecule has 0 aliphatic carbocycles. The number of anilines is 4. The third-order valence-electron chi connectivity index (χ3n) is 6.67. The minimum absolute atomic E-state index is 0.420. The van der Waals surface area contributed by atoms with Gasteiger partial charge < -0.3 is 20.6 Å². The van der Waals surface area contributed by atoms with Gasteiger partial charge in [-0.2, -0.15) is 10.1 Å². The number of aliphatic hydroxyl groups is 1. The van der Waals surface area contributed by atoms with Crippen LogP contribution < -0.4 is 10.6 Å². The topological polar surface area (TPSA) is 91.1 Å². The number of nitrogens with zero attached hydrogens (tertiary/aromatic N) is 5. The molecule has 1 aliphatic heterocycles. The molecule has 0 saturated carbocycles. The summed E-state index contributed by atoms with van der Waals surface area (Å²) in [7, 11) is 2.17. The molecule has 1 saturated heterocycles. The van der Waals surface area contributed by atoms with Gasteiger partial charge in [0, 0.05) is 11.9 Å². The van der Waals surface area contributed by atoms with Gasteiger partial charge >= 0.3 is 0 Å². The molecule has 8 nitrogen and oxygen atoms in total. The number of benzene rings is 1. The maximum Gasteiger partial charge on any atom is 0.230 e. The first kappa shape index (κ1) is 23.7. The van der Waals surface area contributed by atoms with E-state index in [0.29, 0.717) is 12.0 Å². The average Bonchev–Trinajstić information content (AvgIpc) is 3.36. The van der Waals surface area contributed by atoms with Crippen LogP contribution in [0.3, 0.4) is 0 Å². The fourth-order valence-electron chi connectivity index (χ4n) is 4.52. The molecule has 4 heterocycles. The molecule has 3 aromatic heterocycles. The van der Waals surface area contributed by atoms with E-state index in [1.807, 2.05) is 31.2 Å². The van der Waals surface area contributed by atoms with Crippen LogP contribution in [0.4, 0.5) is 23.1 Å². The molecule has 1 aliphatic rings. The molecule has 0 atom stereocenters. The Kier molecular flexibility index (Phi) is 6.25. The van der Waals surface area contributed by atoms with Crippen LogP contribution in [0.5, 0.6) is 0 Å². The summed E-state index contributed by atoms with van der Waals surface area (Å²) in [5, 5.41) is 25.2. The number of thiophene rings is 1. The maximum absolute atomic E-state index is 10.4. The first-order valence-corrected chi connectivity index (χ1v) is 12.9. The van der Waals surface area contributed by atoms with Crippen LogP contribution in [0.15, 0.2) is 35.8 Å². The zero-order chi connectivity index (χ0) is 24.7. The SMILES string of the molecule is Cc1nn(C2CCN(C)CC2)cc1Nc1nc(Nc2cccc(C(C)(C)O)c2)c2c(C)csc2n1. The molecule has 0 spiro atoms. The molecule has 0 radical (unpaired) electrons. The predicted octanol–water partition coefficient (Wildman–Crippen LogP) is 5.49. The quantitative estimate of drug-likeness (QED) is 0.329. The van der Waals surface area contributed by atoms with Gasteiger partial charge in [-0.1, -0.05) is 12.1 Å². The number of fused-ring (bicyclic) bond motifs is 1. The summed E-state index contributed by atoms with van der Waals surface area (Å²) in [6.07, 6.45) is 4.29. The van der Waals surface area contributed by atoms with Crippen LogP contribution in [-0.2, 0) is 5.60 Å². The van der Waals surface area contributed by atoms with E-state index in [-0.39, 0.29) is 0 Å². The zero-order valence-corrected chi connectivity index (χ0v) is 21.8. The first-order chi connectivity index (χ1) is 16.7. The van der Waals surface area contributed by atoms with Gasteiger partial charge in [0.25, 0.3) is 0 Å². The molecule has 184 valence electrons. The molecular formula is C26H33N7OS. The van der Waals surface area contributed by atoms with E-state index in [2.05, 4.69) is 45.8 Å². The molecular weight excluding hydrogens is 458 g/mol. The lowest BCUT2D eigenvalue weighted by atomic mass is 9.98. The summed E-state index contributed by atoms with van der Waals surface area (Å²) in [4.78, 5) is 12.9. The Balaban J connectivity index is 1.45. The third-order valence-corrected chi connectivity index (χ3v) is 7.66. The monoisotopic (exact) mass is 491 g/mol. The van der Waals surface area contributed by atoms with Crippen LogP contribution >= 0.6 is 11.3 Å². The zero-order valence-electron chi connectivity index (χ0n) is 21.0. The van der Waals surface area contributed by atoms with Gasteiger partial charge in [-0.05, 0) is 89.3 Å². The lowest BCUT2D eigenvalue weighted by molar-refractivity contribution is 0.0786. The Morgan fingerprint density at radius 3 is 2.63 bits per heavy atom. The molecule has 0 unspecified atom stereocenters. The number of hydrogen-bond acceptors (Lipinski definition) is 8. The van der Waals surface area contributed by atoms with E-state index in [4.69, 9.17) is 15.1 Å². The van der Waals surface area contributed by atoms with E-state index in [9.17, 15) is 5.11 Å². The van der Waals surface area contributed by atoms with E-state index in [0.717, 1.165) is 70.2 Å². The van der Waals surface area contributed by atoms with Gasteiger partial charge in [0.2, 0.25) is 5.95 Å². The van der Waals surface area contributed by atoms with Crippen molar-refractivity contribution in [3.63, 3.8) is 0 Å². The molecule has 3 N–H and O–H groups in total. The van der Waals surface area contributed by atoms with Gasteiger partial charge in [0.1, 0.15) is 10.6 Å². The Hall–Kier alpha value is -3.01. The lowest BCUT2D eigenvalue weighted by Gasteiger charge is -2.28. The van der Waals surface area contributed by atoms with Crippen LogP contribution in [0.2, 0.25) is 0 Å². The highest BCUT2D eigenvalue weighted by atomic mass is 32.1. The highest BCUT2D eigenvalue weighted by Gasteiger charge is 2.21. The second-order valence-electron chi connectivity index (χ2n) is 10.0. The standard InChI is InChI=1S/C26H33N7OS/c1-16-15-35-24-22(16)23(27-19-8-6-7-18(13-19)26(3,4)34)29-25(30-24)28-21-14-33(31-17(21)2)20-9-11-32(5)12-10-20/h6-8,13-15,20,34H,9-12H2,1-5H3,(H2,27,28,29,30). The van der Waals surface area contributed by atoms with Crippen molar-refractivity contribution in [1.82, 2.24) is 24.6 Å². The summed E-state index contributed by atoms with van der Waals surface area (Å²) in [5.41, 5.74) is 3.77. The average molecular weight is 492 g/mol. The van der Waals surface area contributed by atoms with Gasteiger partial charge in [-0.25, -0.2) is 4.98 Å². The fraction of sp³-hybridized carbons (Fsp3) is 0.423. The van der Waals surface area contributed by atoms with E-state index >= 15 is 0 Å². The van der Waals surface area contributed by atoms with E-state index < -0.39 is 5.60 Å². The maximum atomic E-state index is 10.4. The molecule has 5 rings (SSSR count). The molecule has 0 amide bonds. The van der Waals surface area contributed by atoms with Crippen LogP contribution in [0.25, 0.3) is 10.2 Å². The van der Waals surface area contributed by atoms with Crippen molar-refractivity contribution >= 4 is 44.7 Å². The van der Waals surface area contributed by atoms with Crippen molar-refractivity contribution in [3.05, 3.63) is 52.7 Å². The largest absolute Gasteiger partial charge is 0.386 e. The van der Waals surface area contributed by atoms with Crippen LogP contribution in [-0.4, -0.2) is 49.9 Å². The van der Waals surface area contributed by atoms with Gasteiger partial charge in [0.15, 0.2) is 0 Å². The number of hydrogen-bond donors (Lipinski definition) is 3. The van der Waals surface area contributed by atoms with Crippen LogP contribution in [0.1, 0.15) is 49.6 Å². The smallest absolute Gasteiger partial charge is 0.230 e. The highest BCUT2D eigenvalue weighted by molar-refractivity contribution is 7.17. The Bertz CT molecular complexity index is 1350. The summed E-state index contributed by atoms with van der Waals surface area (Å²) in [5.74, 6) is 1.27. The van der Waals surface area contributed by atoms with Crippen molar-refractivity contribution < 1.29 is 5.11 Å². The number of rotatable bonds is 6. The second-order valence-corrected chi connectivity index (χ2v) is 10.9. The molecule has 35 heavy (non-hydrogen) atoms. The molecule has 1 fully saturated rings. The summed E-state index contributed by atoms with van der Waals surface area (Å²) < 4.78 is 2.10. The Morgan fingerprint density at radius 2 is 1.89 bits per heavy atom. The normalized spacial score (nSPS) is 15.6. The molecule has 0 bridgehead atoms. The minimum atomic E-state index is -0.921. The van der Waals surface area contributed by atoms with Crippen molar-refractivity contribution in [2.24, 2.45) is 0 Å². The number of piperidine rings is 1. The first-order valence-electron chi connectivity index (χ1n) is 12.0. The van der Waals surface area contributed by atoms with Crippen molar-refractivity contribution in [1.29, 1.82) is 0 Å². The van der Waals surface area contributed by atoms with Crippen molar-refractivity contribution in [2.45, 2.75) is 52.2 Å². The Morgan fingerprint density at radius 1 is 1.11 bits per heavy atom. The van der Waals surface area contributed by atoms with E-state index in [1.54, 1.807) is 25.2 Å². The molecule has 1 aromatic carbocycles. The molecule has 4 aromatic rings. The summed E-state index contributed by atoms with van der Waals surface area (Å²) in [6.45, 7) is 9.84. The predicted molar refractivity (Wildman–Crippen MR) is 143 cm³/mol. The minimum Gasteiger partial charge on any atom is -0.386 e. The van der Waals surface area contributed by atoms with Gasteiger partial charge in [-0.15, -0.1) is 11.3 Å². The number of aromatic nitrogens is 4. The fourth-order valence-corrected chi connectivity index (χ4v) is 5.44. The summed E-state index contributed by atoms with van der Waals surface area (Å²) >= 11 is 1.61. The molecule has 9 heteroatoms. The third kappa shape index (κ3) is 5.03. The highest BCUT2D eigenvalue weighted by Crippen LogP contribution is 2.34. The Labute approximate surface area is 210 Å². The lowest BCUT2D eigenvalue weighted by Crippen LogP contribution is -2.31. The van der Waals surface area contributed by atoms with Crippen molar-refractivity contribution in [3.8, 4) is 0 Å². The summed E-state index contributed by atoms with van der Waals surface area (Å²) in [6, 6.07) is 8.22. The number of aryl methyl sites for hydroxylation is 2. The van der Waals surface area contributed by atoms with Crippen LogP contribution in [0, 0.1) is 13.8 Å². The number of likely N-dealkylation sites (tertiary alicyclic amines) is 1. The van der Waals surface area contributed by atoms with Gasteiger partial charge in [-0.3, -0.25) is 4.68 Å². The van der Waals surface area contributed by atoms with Gasteiger partial charge in [0.05, 0.1) is 28.4 Å². The number of nitrogens with one attached hydrogen (secondary N) is 2. The van der Waals surface area contributed by atoms with E-state index in [1.165, 1.54) is 0 Å².